The number of carbonyl (C=O) groups excluding carboxylic acids is 1. The van der Waals surface area contributed by atoms with Gasteiger partial charge in [0.15, 0.2) is 0 Å². The lowest BCUT2D eigenvalue weighted by atomic mass is 9.84. The van der Waals surface area contributed by atoms with Gasteiger partial charge >= 0.3 is 0 Å². The molecule has 1 rings (SSSR count). The van der Waals surface area contributed by atoms with Gasteiger partial charge < -0.3 is 0 Å². The second-order valence-corrected chi connectivity index (χ2v) is 3.38. The molecule has 0 saturated heterocycles. The predicted molar refractivity (Wildman–Crippen MR) is 46.4 cm³/mol. The fourth-order valence-electron chi connectivity index (χ4n) is 1.80. The second-order valence-electron chi connectivity index (χ2n) is 3.38. The fraction of sp³-hybridized carbons (Fsp3) is 0.700. The van der Waals surface area contributed by atoms with Crippen LogP contribution in [0.1, 0.15) is 39.0 Å². The lowest BCUT2D eigenvalue weighted by molar-refractivity contribution is -0.104. The molecule has 0 aromatic carbocycles. The third kappa shape index (κ3) is 2.49. The molecular weight excluding hydrogens is 136 g/mol. The molecule has 0 amide bonds. The molecule has 1 aliphatic carbocycles. The molecule has 0 radical (unpaired) electrons. The Bertz CT molecular complexity index is 152. The molecule has 1 aliphatic rings. The summed E-state index contributed by atoms with van der Waals surface area (Å²) in [6.45, 7) is 2.07. The van der Waals surface area contributed by atoms with E-state index in [0.717, 1.165) is 6.29 Å². The average Bonchev–Trinajstić information content (AvgIpc) is 2.07. The summed E-state index contributed by atoms with van der Waals surface area (Å²) in [7, 11) is 0. The van der Waals surface area contributed by atoms with Crippen LogP contribution in [0.2, 0.25) is 0 Å². The third-order valence-corrected chi connectivity index (χ3v) is 2.58. The zero-order valence-corrected chi connectivity index (χ0v) is 7.18. The highest BCUT2D eigenvalue weighted by molar-refractivity contribution is 5.66. The molecule has 1 saturated carbocycles. The molecular formula is C10H16O. The first kappa shape index (κ1) is 8.51. The van der Waals surface area contributed by atoms with Gasteiger partial charge in [0.05, 0.1) is 0 Å². The molecule has 1 fully saturated rings. The highest BCUT2D eigenvalue weighted by atomic mass is 16.1. The Balaban J connectivity index is 2.44. The minimum Gasteiger partial charge on any atom is -0.299 e. The Hall–Kier alpha value is -0.590. The summed E-state index contributed by atoms with van der Waals surface area (Å²) in [5.74, 6) is 0.703. The largest absolute Gasteiger partial charge is 0.299 e. The van der Waals surface area contributed by atoms with E-state index in [9.17, 15) is 4.79 Å². The van der Waals surface area contributed by atoms with Gasteiger partial charge in [0.25, 0.3) is 0 Å². The van der Waals surface area contributed by atoms with Gasteiger partial charge in [0.1, 0.15) is 6.29 Å². The number of aldehydes is 1. The summed E-state index contributed by atoms with van der Waals surface area (Å²) in [5.41, 5.74) is 1.28. The summed E-state index contributed by atoms with van der Waals surface area (Å²) in [4.78, 5) is 10.2. The molecule has 0 unspecified atom stereocenters. The van der Waals surface area contributed by atoms with Gasteiger partial charge in [-0.25, -0.2) is 0 Å². The van der Waals surface area contributed by atoms with Gasteiger partial charge in [-0.2, -0.15) is 0 Å². The van der Waals surface area contributed by atoms with Crippen LogP contribution >= 0.6 is 0 Å². The molecule has 0 atom stereocenters. The molecule has 0 heterocycles. The van der Waals surface area contributed by atoms with E-state index >= 15 is 0 Å². The van der Waals surface area contributed by atoms with Crippen molar-refractivity contribution in [2.45, 2.75) is 39.0 Å². The van der Waals surface area contributed by atoms with Crippen LogP contribution in [0, 0.1) is 5.92 Å². The maximum absolute atomic E-state index is 10.2. The van der Waals surface area contributed by atoms with Crippen molar-refractivity contribution in [3.63, 3.8) is 0 Å². The first-order valence-electron chi connectivity index (χ1n) is 4.46. The quantitative estimate of drug-likeness (QED) is 0.439. The van der Waals surface area contributed by atoms with Gasteiger partial charge in [0, 0.05) is 0 Å². The maximum Gasteiger partial charge on any atom is 0.142 e. The van der Waals surface area contributed by atoms with Crippen molar-refractivity contribution < 1.29 is 4.79 Å². The van der Waals surface area contributed by atoms with E-state index in [1.807, 2.05) is 0 Å². The van der Waals surface area contributed by atoms with E-state index in [2.05, 4.69) is 6.92 Å². The Morgan fingerprint density at radius 1 is 1.27 bits per heavy atom. The first-order valence-corrected chi connectivity index (χ1v) is 4.46. The molecule has 62 valence electrons. The lowest BCUT2D eigenvalue weighted by Crippen LogP contribution is -2.07. The van der Waals surface area contributed by atoms with E-state index < -0.39 is 0 Å². The summed E-state index contributed by atoms with van der Waals surface area (Å²) in [6.07, 6.45) is 9.26. The van der Waals surface area contributed by atoms with Gasteiger partial charge in [-0.1, -0.05) is 24.8 Å². The van der Waals surface area contributed by atoms with Crippen LogP contribution in [-0.4, -0.2) is 6.29 Å². The topological polar surface area (TPSA) is 17.1 Å². The van der Waals surface area contributed by atoms with E-state index in [1.165, 1.54) is 37.7 Å². The van der Waals surface area contributed by atoms with Gasteiger partial charge in [0.2, 0.25) is 0 Å². The lowest BCUT2D eigenvalue weighted by Gasteiger charge is -2.21. The SMILES string of the molecule is CC(=CC=O)C1CCCCC1. The Labute approximate surface area is 68.5 Å². The Morgan fingerprint density at radius 3 is 2.45 bits per heavy atom. The van der Waals surface area contributed by atoms with Crippen molar-refractivity contribution in [2.24, 2.45) is 5.92 Å². The number of hydrogen-bond donors (Lipinski definition) is 0. The fourth-order valence-corrected chi connectivity index (χ4v) is 1.80. The second kappa shape index (κ2) is 4.32. The minimum atomic E-state index is 0.703. The van der Waals surface area contributed by atoms with Crippen LogP contribution in [-0.2, 0) is 4.79 Å². The molecule has 0 spiro atoms. The summed E-state index contributed by atoms with van der Waals surface area (Å²) in [6, 6.07) is 0. The van der Waals surface area contributed by atoms with Crippen molar-refractivity contribution in [1.29, 1.82) is 0 Å². The molecule has 1 heteroatoms. The van der Waals surface area contributed by atoms with Crippen molar-refractivity contribution in [3.8, 4) is 0 Å². The standard InChI is InChI=1S/C10H16O/c1-9(7-8-11)10-5-3-2-4-6-10/h7-8,10H,2-6H2,1H3. The van der Waals surface area contributed by atoms with Crippen molar-refractivity contribution >= 4 is 6.29 Å². The third-order valence-electron chi connectivity index (χ3n) is 2.58. The molecule has 0 aromatic heterocycles. The van der Waals surface area contributed by atoms with Crippen LogP contribution in [0.5, 0.6) is 0 Å². The van der Waals surface area contributed by atoms with E-state index in [1.54, 1.807) is 6.08 Å². The van der Waals surface area contributed by atoms with Gasteiger partial charge in [-0.3, -0.25) is 4.79 Å². The van der Waals surface area contributed by atoms with E-state index in [4.69, 9.17) is 0 Å². The molecule has 0 aromatic rings. The number of rotatable bonds is 2. The molecule has 0 bridgehead atoms. The van der Waals surface area contributed by atoms with E-state index in [-0.39, 0.29) is 0 Å². The molecule has 0 N–H and O–H groups in total. The van der Waals surface area contributed by atoms with Crippen LogP contribution in [0.15, 0.2) is 11.6 Å². The Kier molecular flexibility index (Phi) is 3.34. The molecule has 1 nitrogen and oxygen atoms in total. The van der Waals surface area contributed by atoms with E-state index in [0.29, 0.717) is 5.92 Å². The summed E-state index contributed by atoms with van der Waals surface area (Å²) >= 11 is 0. The normalized spacial score (nSPS) is 21.7. The van der Waals surface area contributed by atoms with Gasteiger partial charge in [-0.05, 0) is 31.8 Å². The number of carbonyl (C=O) groups is 1. The highest BCUT2D eigenvalue weighted by Crippen LogP contribution is 2.28. The monoisotopic (exact) mass is 152 g/mol. The van der Waals surface area contributed by atoms with Gasteiger partial charge in [-0.15, -0.1) is 0 Å². The van der Waals surface area contributed by atoms with Crippen LogP contribution < -0.4 is 0 Å². The minimum absolute atomic E-state index is 0.703. The van der Waals surface area contributed by atoms with Crippen LogP contribution in [0.25, 0.3) is 0 Å². The maximum atomic E-state index is 10.2. The smallest absolute Gasteiger partial charge is 0.142 e. The average molecular weight is 152 g/mol. The molecule has 0 aliphatic heterocycles. The zero-order chi connectivity index (χ0) is 8.10. The van der Waals surface area contributed by atoms with Crippen molar-refractivity contribution in [2.75, 3.05) is 0 Å². The van der Waals surface area contributed by atoms with Crippen molar-refractivity contribution in [3.05, 3.63) is 11.6 Å². The number of hydrogen-bond acceptors (Lipinski definition) is 1. The van der Waals surface area contributed by atoms with Crippen LogP contribution in [0.4, 0.5) is 0 Å². The number of allylic oxidation sites excluding steroid dienone is 2. The Morgan fingerprint density at radius 2 is 1.91 bits per heavy atom. The zero-order valence-electron chi connectivity index (χ0n) is 7.18. The predicted octanol–water partition coefficient (Wildman–Crippen LogP) is 2.71. The summed E-state index contributed by atoms with van der Waals surface area (Å²) in [5, 5.41) is 0. The van der Waals surface area contributed by atoms with Crippen LogP contribution in [0.3, 0.4) is 0 Å². The molecule has 11 heavy (non-hydrogen) atoms. The van der Waals surface area contributed by atoms with Crippen molar-refractivity contribution in [1.82, 2.24) is 0 Å². The summed E-state index contributed by atoms with van der Waals surface area (Å²) < 4.78 is 0. The first-order chi connectivity index (χ1) is 5.34. The highest BCUT2D eigenvalue weighted by Gasteiger charge is 2.13.